The van der Waals surface area contributed by atoms with E-state index in [1.54, 1.807) is 0 Å². The molecule has 0 aliphatic carbocycles. The van der Waals surface area contributed by atoms with E-state index in [1.165, 1.54) is 5.56 Å². The van der Waals surface area contributed by atoms with Crippen LogP contribution in [-0.4, -0.2) is 25.5 Å². The van der Waals surface area contributed by atoms with Crippen LogP contribution in [0, 0.1) is 5.92 Å². The Balaban J connectivity index is 0.00000200. The lowest BCUT2D eigenvalue weighted by Gasteiger charge is -2.21. The zero-order valence-corrected chi connectivity index (χ0v) is 13.1. The second-order valence-electron chi connectivity index (χ2n) is 5.05. The SMILES string of the molecule is Cl.O=C(NCCCc1ccc(Cl)cc1)C1CCNCC1. The van der Waals surface area contributed by atoms with Gasteiger partial charge >= 0.3 is 0 Å². The van der Waals surface area contributed by atoms with E-state index in [2.05, 4.69) is 10.6 Å². The highest BCUT2D eigenvalue weighted by atomic mass is 35.5. The first-order valence-corrected chi connectivity index (χ1v) is 7.36. The molecule has 0 atom stereocenters. The maximum Gasteiger partial charge on any atom is 0.223 e. The van der Waals surface area contributed by atoms with E-state index in [-0.39, 0.29) is 24.2 Å². The van der Waals surface area contributed by atoms with Crippen molar-refractivity contribution in [2.45, 2.75) is 25.7 Å². The average molecular weight is 317 g/mol. The minimum Gasteiger partial charge on any atom is -0.356 e. The molecule has 2 rings (SSSR count). The van der Waals surface area contributed by atoms with Crippen molar-refractivity contribution in [3.05, 3.63) is 34.9 Å². The molecule has 1 aromatic rings. The summed E-state index contributed by atoms with van der Waals surface area (Å²) in [5, 5.41) is 7.08. The van der Waals surface area contributed by atoms with Gasteiger partial charge in [-0.1, -0.05) is 23.7 Å². The van der Waals surface area contributed by atoms with E-state index >= 15 is 0 Å². The minimum atomic E-state index is 0. The number of amides is 1. The average Bonchev–Trinajstić information content (AvgIpc) is 2.46. The summed E-state index contributed by atoms with van der Waals surface area (Å²) >= 11 is 5.84. The Morgan fingerprint density at radius 1 is 1.25 bits per heavy atom. The number of benzene rings is 1. The van der Waals surface area contributed by atoms with E-state index in [1.807, 2.05) is 24.3 Å². The second-order valence-corrected chi connectivity index (χ2v) is 5.48. The van der Waals surface area contributed by atoms with Crippen molar-refractivity contribution in [3.63, 3.8) is 0 Å². The van der Waals surface area contributed by atoms with Gasteiger partial charge in [0.15, 0.2) is 0 Å². The maximum atomic E-state index is 11.9. The first kappa shape index (κ1) is 17.3. The third kappa shape index (κ3) is 5.70. The molecule has 112 valence electrons. The van der Waals surface area contributed by atoms with Crippen LogP contribution in [0.2, 0.25) is 5.02 Å². The van der Waals surface area contributed by atoms with Gasteiger partial charge in [0.05, 0.1) is 0 Å². The van der Waals surface area contributed by atoms with Crippen LogP contribution < -0.4 is 10.6 Å². The fourth-order valence-corrected chi connectivity index (χ4v) is 2.51. The van der Waals surface area contributed by atoms with E-state index in [4.69, 9.17) is 11.6 Å². The number of piperidine rings is 1. The predicted octanol–water partition coefficient (Wildman–Crippen LogP) is 2.81. The van der Waals surface area contributed by atoms with Crippen molar-refractivity contribution in [2.24, 2.45) is 5.92 Å². The fraction of sp³-hybridized carbons (Fsp3) is 0.533. The highest BCUT2D eigenvalue weighted by molar-refractivity contribution is 6.30. The molecule has 5 heteroatoms. The van der Waals surface area contributed by atoms with Crippen LogP contribution in [0.1, 0.15) is 24.8 Å². The van der Waals surface area contributed by atoms with Gasteiger partial charge in [0.2, 0.25) is 5.91 Å². The van der Waals surface area contributed by atoms with Crippen molar-refractivity contribution in [1.29, 1.82) is 0 Å². The monoisotopic (exact) mass is 316 g/mol. The van der Waals surface area contributed by atoms with Gasteiger partial charge in [0, 0.05) is 17.5 Å². The number of hydrogen-bond acceptors (Lipinski definition) is 2. The molecule has 1 amide bonds. The Bertz CT molecular complexity index is 403. The fourth-order valence-electron chi connectivity index (χ4n) is 2.38. The molecule has 2 N–H and O–H groups in total. The summed E-state index contributed by atoms with van der Waals surface area (Å²) in [4.78, 5) is 11.9. The number of carbonyl (C=O) groups is 1. The van der Waals surface area contributed by atoms with Gasteiger partial charge < -0.3 is 10.6 Å². The first-order valence-electron chi connectivity index (χ1n) is 6.98. The largest absolute Gasteiger partial charge is 0.356 e. The van der Waals surface area contributed by atoms with Gasteiger partial charge in [-0.3, -0.25) is 4.79 Å². The lowest BCUT2D eigenvalue weighted by molar-refractivity contribution is -0.125. The molecular weight excluding hydrogens is 295 g/mol. The number of aryl methyl sites for hydroxylation is 1. The van der Waals surface area contributed by atoms with Crippen LogP contribution in [-0.2, 0) is 11.2 Å². The van der Waals surface area contributed by atoms with Crippen LogP contribution >= 0.6 is 24.0 Å². The van der Waals surface area contributed by atoms with E-state index in [9.17, 15) is 4.79 Å². The molecule has 3 nitrogen and oxygen atoms in total. The van der Waals surface area contributed by atoms with Crippen molar-refractivity contribution in [2.75, 3.05) is 19.6 Å². The quantitative estimate of drug-likeness (QED) is 0.820. The standard InChI is InChI=1S/C15H21ClN2O.ClH/c16-14-5-3-12(4-6-14)2-1-9-18-15(19)13-7-10-17-11-8-13;/h3-6,13,17H,1-2,7-11H2,(H,18,19);1H. The van der Waals surface area contributed by atoms with Crippen LogP contribution in [0.25, 0.3) is 0 Å². The van der Waals surface area contributed by atoms with Crippen LogP contribution in [0.4, 0.5) is 0 Å². The zero-order chi connectivity index (χ0) is 13.5. The molecule has 1 aliphatic rings. The molecule has 1 saturated heterocycles. The van der Waals surface area contributed by atoms with Crippen molar-refractivity contribution in [3.8, 4) is 0 Å². The highest BCUT2D eigenvalue weighted by Gasteiger charge is 2.19. The number of nitrogens with one attached hydrogen (secondary N) is 2. The molecule has 0 radical (unpaired) electrons. The number of halogens is 2. The van der Waals surface area contributed by atoms with E-state index in [0.717, 1.165) is 50.3 Å². The van der Waals surface area contributed by atoms with Gasteiger partial charge in [-0.15, -0.1) is 12.4 Å². The third-order valence-electron chi connectivity index (χ3n) is 3.56. The van der Waals surface area contributed by atoms with Gasteiger partial charge in [-0.2, -0.15) is 0 Å². The maximum absolute atomic E-state index is 11.9. The molecule has 0 spiro atoms. The summed E-state index contributed by atoms with van der Waals surface area (Å²) in [6.45, 7) is 2.68. The minimum absolute atomic E-state index is 0. The van der Waals surface area contributed by atoms with Crippen LogP contribution in [0.3, 0.4) is 0 Å². The topological polar surface area (TPSA) is 41.1 Å². The Morgan fingerprint density at radius 2 is 1.90 bits per heavy atom. The summed E-state index contributed by atoms with van der Waals surface area (Å²) < 4.78 is 0. The molecule has 1 heterocycles. The Hall–Kier alpha value is -0.770. The summed E-state index contributed by atoms with van der Waals surface area (Å²) in [7, 11) is 0. The molecule has 1 aromatic carbocycles. The molecule has 0 aromatic heterocycles. The van der Waals surface area contributed by atoms with Gasteiger partial charge in [0.1, 0.15) is 0 Å². The molecular formula is C15H22Cl2N2O. The van der Waals surface area contributed by atoms with Crippen molar-refractivity contribution in [1.82, 2.24) is 10.6 Å². The second kappa shape index (κ2) is 9.22. The summed E-state index contributed by atoms with van der Waals surface area (Å²) in [5.41, 5.74) is 1.26. The smallest absolute Gasteiger partial charge is 0.223 e. The van der Waals surface area contributed by atoms with E-state index in [0.29, 0.717) is 0 Å². The molecule has 20 heavy (non-hydrogen) atoms. The zero-order valence-electron chi connectivity index (χ0n) is 11.5. The molecule has 0 unspecified atom stereocenters. The molecule has 1 fully saturated rings. The van der Waals surface area contributed by atoms with E-state index < -0.39 is 0 Å². The van der Waals surface area contributed by atoms with Crippen molar-refractivity contribution >= 4 is 29.9 Å². The Labute approximate surface area is 131 Å². The lowest BCUT2D eigenvalue weighted by atomic mass is 9.97. The van der Waals surface area contributed by atoms with Crippen LogP contribution in [0.5, 0.6) is 0 Å². The van der Waals surface area contributed by atoms with Gasteiger partial charge in [-0.05, 0) is 56.5 Å². The normalized spacial score (nSPS) is 15.4. The number of carbonyl (C=O) groups excluding carboxylic acids is 1. The first-order chi connectivity index (χ1) is 9.25. The van der Waals surface area contributed by atoms with Gasteiger partial charge in [0.25, 0.3) is 0 Å². The number of hydrogen-bond donors (Lipinski definition) is 2. The van der Waals surface area contributed by atoms with Crippen LogP contribution in [0.15, 0.2) is 24.3 Å². The molecule has 1 aliphatic heterocycles. The summed E-state index contributed by atoms with van der Waals surface area (Å²) in [6.07, 6.45) is 3.87. The Kier molecular flexibility index (Phi) is 7.97. The predicted molar refractivity (Wildman–Crippen MR) is 85.6 cm³/mol. The Morgan fingerprint density at radius 3 is 2.55 bits per heavy atom. The summed E-state index contributed by atoms with van der Waals surface area (Å²) in [6, 6.07) is 7.89. The highest BCUT2D eigenvalue weighted by Crippen LogP contribution is 2.12. The van der Waals surface area contributed by atoms with Gasteiger partial charge in [-0.25, -0.2) is 0 Å². The van der Waals surface area contributed by atoms with Crippen molar-refractivity contribution < 1.29 is 4.79 Å². The third-order valence-corrected chi connectivity index (χ3v) is 3.82. The molecule has 0 bridgehead atoms. The summed E-state index contributed by atoms with van der Waals surface area (Å²) in [5.74, 6) is 0.425. The lowest BCUT2D eigenvalue weighted by Crippen LogP contribution is -2.38. The molecule has 0 saturated carbocycles. The number of rotatable bonds is 5.